The first-order valence-corrected chi connectivity index (χ1v) is 10.0. The highest BCUT2D eigenvalue weighted by atomic mass is 35.5. The number of carbonyl (C=O) groups excluding carboxylic acids is 1. The Hall–Kier alpha value is -2.31. The van der Waals surface area contributed by atoms with Crippen LogP contribution in [0.5, 0.6) is 0 Å². The van der Waals surface area contributed by atoms with E-state index in [1.165, 1.54) is 16.3 Å². The Morgan fingerprint density at radius 2 is 1.93 bits per heavy atom. The van der Waals surface area contributed by atoms with E-state index in [9.17, 15) is 9.59 Å². The van der Waals surface area contributed by atoms with Gasteiger partial charge in [-0.2, -0.15) is 0 Å². The van der Waals surface area contributed by atoms with Crippen LogP contribution in [0.3, 0.4) is 0 Å². The van der Waals surface area contributed by atoms with Crippen molar-refractivity contribution in [1.29, 1.82) is 0 Å². The summed E-state index contributed by atoms with van der Waals surface area (Å²) in [5.41, 5.74) is 1.05. The number of carbonyl (C=O) groups is 1. The van der Waals surface area contributed by atoms with Crippen LogP contribution in [0, 0.1) is 0 Å². The lowest BCUT2D eigenvalue weighted by atomic mass is 10.2. The number of unbranched alkanes of at least 4 members (excludes halogenated alkanes) is 1. The molecule has 3 aromatic rings. The van der Waals surface area contributed by atoms with Crippen molar-refractivity contribution in [3.05, 3.63) is 63.9 Å². The zero-order chi connectivity index (χ0) is 19.2. The van der Waals surface area contributed by atoms with E-state index in [1.807, 2.05) is 13.0 Å². The molecule has 5 nitrogen and oxygen atoms in total. The van der Waals surface area contributed by atoms with E-state index in [2.05, 4.69) is 4.98 Å². The average molecular weight is 403 g/mol. The van der Waals surface area contributed by atoms with E-state index in [4.69, 9.17) is 16.3 Å². The smallest absolute Gasteiger partial charge is 0.316 e. The van der Waals surface area contributed by atoms with Crippen molar-refractivity contribution in [3.8, 4) is 5.69 Å². The molecule has 0 saturated carbocycles. The normalized spacial score (nSPS) is 10.9. The van der Waals surface area contributed by atoms with Crippen molar-refractivity contribution >= 4 is 40.2 Å². The Morgan fingerprint density at radius 1 is 1.19 bits per heavy atom. The van der Waals surface area contributed by atoms with Crippen molar-refractivity contribution in [1.82, 2.24) is 9.55 Å². The molecule has 1 heterocycles. The second-order valence-corrected chi connectivity index (χ2v) is 7.27. The lowest BCUT2D eigenvalue weighted by Gasteiger charge is -2.13. The molecule has 0 aliphatic carbocycles. The van der Waals surface area contributed by atoms with Crippen LogP contribution in [-0.2, 0) is 9.53 Å². The van der Waals surface area contributed by atoms with Gasteiger partial charge in [0.25, 0.3) is 5.56 Å². The number of hydrogen-bond acceptors (Lipinski definition) is 5. The molecule has 0 atom stereocenters. The molecule has 27 heavy (non-hydrogen) atoms. The molecular formula is C20H19ClN2O3S. The minimum atomic E-state index is -0.321. The number of nitrogens with zero attached hydrogens (tertiary/aromatic N) is 2. The van der Waals surface area contributed by atoms with Crippen LogP contribution in [0.4, 0.5) is 0 Å². The standard InChI is InChI=1S/C20H19ClN2O3S/c1-2-3-12-26-18(24)13-27-20-22-17-7-5-4-6-16(17)19(25)23(20)15-10-8-14(21)9-11-15/h4-11H,2-3,12-13H2,1H3. The van der Waals surface area contributed by atoms with E-state index in [-0.39, 0.29) is 17.3 Å². The number of rotatable bonds is 7. The van der Waals surface area contributed by atoms with Gasteiger partial charge in [0.2, 0.25) is 0 Å². The molecular weight excluding hydrogens is 384 g/mol. The predicted octanol–water partition coefficient (Wildman–Crippen LogP) is 4.47. The van der Waals surface area contributed by atoms with Crippen molar-refractivity contribution in [2.75, 3.05) is 12.4 Å². The largest absolute Gasteiger partial charge is 0.465 e. The van der Waals surface area contributed by atoms with E-state index >= 15 is 0 Å². The third-order valence-electron chi connectivity index (χ3n) is 3.91. The van der Waals surface area contributed by atoms with Crippen LogP contribution in [0.15, 0.2) is 58.5 Å². The lowest BCUT2D eigenvalue weighted by molar-refractivity contribution is -0.140. The first kappa shape index (κ1) is 19.5. The van der Waals surface area contributed by atoms with Crippen LogP contribution in [0.1, 0.15) is 19.8 Å². The zero-order valence-corrected chi connectivity index (χ0v) is 16.4. The van der Waals surface area contributed by atoms with E-state index in [1.54, 1.807) is 42.5 Å². The number of aromatic nitrogens is 2. The topological polar surface area (TPSA) is 61.2 Å². The van der Waals surface area contributed by atoms with Gasteiger partial charge in [0.05, 0.1) is 29.0 Å². The molecule has 0 spiro atoms. The van der Waals surface area contributed by atoms with Gasteiger partial charge in [-0.15, -0.1) is 0 Å². The summed E-state index contributed by atoms with van der Waals surface area (Å²) in [6.07, 6.45) is 1.79. The first-order valence-electron chi connectivity index (χ1n) is 8.66. The monoisotopic (exact) mass is 402 g/mol. The minimum Gasteiger partial charge on any atom is -0.465 e. The Bertz CT molecular complexity index is 1000. The number of esters is 1. The maximum Gasteiger partial charge on any atom is 0.316 e. The van der Waals surface area contributed by atoms with Gasteiger partial charge in [0.1, 0.15) is 0 Å². The van der Waals surface area contributed by atoms with E-state index in [0.29, 0.717) is 33.4 Å². The molecule has 0 bridgehead atoms. The number of halogens is 1. The molecule has 0 fully saturated rings. The highest BCUT2D eigenvalue weighted by molar-refractivity contribution is 7.99. The second-order valence-electron chi connectivity index (χ2n) is 5.89. The van der Waals surface area contributed by atoms with Crippen LogP contribution in [-0.4, -0.2) is 27.9 Å². The predicted molar refractivity (Wildman–Crippen MR) is 109 cm³/mol. The number of para-hydroxylation sites is 1. The maximum atomic E-state index is 13.1. The van der Waals surface area contributed by atoms with Gasteiger partial charge in [-0.05, 0) is 42.8 Å². The van der Waals surface area contributed by atoms with Crippen molar-refractivity contribution in [3.63, 3.8) is 0 Å². The van der Waals surface area contributed by atoms with Crippen LogP contribution < -0.4 is 5.56 Å². The maximum absolute atomic E-state index is 13.1. The molecule has 2 aromatic carbocycles. The Balaban J connectivity index is 1.97. The molecule has 3 rings (SSSR count). The minimum absolute atomic E-state index is 0.0854. The number of fused-ring (bicyclic) bond motifs is 1. The number of thioether (sulfide) groups is 1. The zero-order valence-electron chi connectivity index (χ0n) is 14.9. The van der Waals surface area contributed by atoms with Crippen LogP contribution >= 0.6 is 23.4 Å². The van der Waals surface area contributed by atoms with Gasteiger partial charge in [-0.3, -0.25) is 14.2 Å². The summed E-state index contributed by atoms with van der Waals surface area (Å²) in [7, 11) is 0. The first-order chi connectivity index (χ1) is 13.1. The summed E-state index contributed by atoms with van der Waals surface area (Å²) < 4.78 is 6.69. The van der Waals surface area contributed by atoms with Crippen molar-refractivity contribution in [2.45, 2.75) is 24.9 Å². The van der Waals surface area contributed by atoms with Crippen LogP contribution in [0.2, 0.25) is 5.02 Å². The third-order valence-corrected chi connectivity index (χ3v) is 5.07. The fourth-order valence-electron chi connectivity index (χ4n) is 2.52. The number of benzene rings is 2. The molecule has 1 aromatic heterocycles. The highest BCUT2D eigenvalue weighted by Gasteiger charge is 2.15. The fraction of sp³-hybridized carbons (Fsp3) is 0.250. The Kier molecular flexibility index (Phi) is 6.53. The van der Waals surface area contributed by atoms with Gasteiger partial charge in [0.15, 0.2) is 5.16 Å². The van der Waals surface area contributed by atoms with Gasteiger partial charge in [-0.1, -0.05) is 48.8 Å². The molecule has 0 unspecified atom stereocenters. The van der Waals surface area contributed by atoms with Gasteiger partial charge < -0.3 is 4.74 Å². The second kappa shape index (κ2) is 9.06. The summed E-state index contributed by atoms with van der Waals surface area (Å²) in [5.74, 6) is -0.235. The van der Waals surface area contributed by atoms with Gasteiger partial charge >= 0.3 is 5.97 Å². The molecule has 0 amide bonds. The molecule has 140 valence electrons. The van der Waals surface area contributed by atoms with Gasteiger partial charge in [0, 0.05) is 5.02 Å². The molecule has 0 aliphatic heterocycles. The summed E-state index contributed by atoms with van der Waals surface area (Å²) in [5, 5.41) is 1.53. The molecule has 0 N–H and O–H groups in total. The average Bonchev–Trinajstić information content (AvgIpc) is 2.68. The summed E-state index contributed by atoms with van der Waals surface area (Å²) in [4.78, 5) is 29.6. The van der Waals surface area contributed by atoms with Gasteiger partial charge in [-0.25, -0.2) is 4.98 Å². The lowest BCUT2D eigenvalue weighted by Crippen LogP contribution is -2.22. The van der Waals surface area contributed by atoms with E-state index < -0.39 is 0 Å². The third kappa shape index (κ3) is 4.70. The Morgan fingerprint density at radius 3 is 2.67 bits per heavy atom. The summed E-state index contributed by atoms with van der Waals surface area (Å²) in [6, 6.07) is 14.1. The summed E-state index contributed by atoms with van der Waals surface area (Å²) in [6.45, 7) is 2.44. The highest BCUT2D eigenvalue weighted by Crippen LogP contribution is 2.22. The van der Waals surface area contributed by atoms with Crippen LogP contribution in [0.25, 0.3) is 16.6 Å². The molecule has 0 radical (unpaired) electrons. The molecule has 0 aliphatic rings. The van der Waals surface area contributed by atoms with Crippen molar-refractivity contribution < 1.29 is 9.53 Å². The van der Waals surface area contributed by atoms with Crippen molar-refractivity contribution in [2.24, 2.45) is 0 Å². The quantitative estimate of drug-likeness (QED) is 0.252. The molecule has 0 saturated heterocycles. The molecule has 7 heteroatoms. The van der Waals surface area contributed by atoms with E-state index in [0.717, 1.165) is 12.8 Å². The number of hydrogen-bond donors (Lipinski definition) is 0. The summed E-state index contributed by atoms with van der Waals surface area (Å²) >= 11 is 7.15. The Labute approximate surface area is 166 Å². The number of ether oxygens (including phenoxy) is 1. The fourth-order valence-corrected chi connectivity index (χ4v) is 3.46. The SMILES string of the molecule is CCCCOC(=O)CSc1nc2ccccc2c(=O)n1-c1ccc(Cl)cc1.